The van der Waals surface area contributed by atoms with E-state index in [2.05, 4.69) is 10.6 Å². The zero-order valence-corrected chi connectivity index (χ0v) is 8.71. The molecule has 6 nitrogen and oxygen atoms in total. The van der Waals surface area contributed by atoms with Gasteiger partial charge in [0, 0.05) is 6.54 Å². The predicted octanol–water partition coefficient (Wildman–Crippen LogP) is -1.53. The van der Waals surface area contributed by atoms with Crippen molar-refractivity contribution in [1.29, 1.82) is 0 Å². The van der Waals surface area contributed by atoms with Crippen molar-refractivity contribution >= 4 is 17.7 Å². The van der Waals surface area contributed by atoms with Crippen molar-refractivity contribution < 1.29 is 14.4 Å². The SMILES string of the molecule is CNCCCN1CC(=O)NC(=O)CC1=O. The molecule has 0 aromatic carbocycles. The lowest BCUT2D eigenvalue weighted by Gasteiger charge is -2.18. The number of nitrogens with one attached hydrogen (secondary N) is 2. The quantitative estimate of drug-likeness (QED) is 0.337. The average molecular weight is 213 g/mol. The highest BCUT2D eigenvalue weighted by Crippen LogP contribution is 2.00. The first-order valence-electron chi connectivity index (χ1n) is 4.88. The van der Waals surface area contributed by atoms with Crippen LogP contribution in [0, 0.1) is 0 Å². The van der Waals surface area contributed by atoms with E-state index in [1.807, 2.05) is 7.05 Å². The normalized spacial score (nSPS) is 17.7. The van der Waals surface area contributed by atoms with Gasteiger partial charge in [0.15, 0.2) is 0 Å². The van der Waals surface area contributed by atoms with Gasteiger partial charge in [-0.1, -0.05) is 0 Å². The fraction of sp³-hybridized carbons (Fsp3) is 0.667. The van der Waals surface area contributed by atoms with Crippen molar-refractivity contribution in [2.75, 3.05) is 26.7 Å². The molecule has 2 N–H and O–H groups in total. The summed E-state index contributed by atoms with van der Waals surface area (Å²) in [4.78, 5) is 35.0. The largest absolute Gasteiger partial charge is 0.333 e. The predicted molar refractivity (Wildman–Crippen MR) is 52.9 cm³/mol. The molecule has 1 fully saturated rings. The van der Waals surface area contributed by atoms with Gasteiger partial charge in [0.05, 0.1) is 6.54 Å². The first-order valence-corrected chi connectivity index (χ1v) is 4.88. The monoisotopic (exact) mass is 213 g/mol. The summed E-state index contributed by atoms with van der Waals surface area (Å²) in [7, 11) is 1.82. The minimum atomic E-state index is -0.513. The number of nitrogens with zero attached hydrogens (tertiary/aromatic N) is 1. The summed E-state index contributed by atoms with van der Waals surface area (Å²) in [5.74, 6) is -1.20. The van der Waals surface area contributed by atoms with Crippen LogP contribution in [0.4, 0.5) is 0 Å². The van der Waals surface area contributed by atoms with E-state index in [-0.39, 0.29) is 18.9 Å². The Morgan fingerprint density at radius 3 is 2.73 bits per heavy atom. The molecular weight excluding hydrogens is 198 g/mol. The van der Waals surface area contributed by atoms with Gasteiger partial charge in [-0.25, -0.2) is 0 Å². The lowest BCUT2D eigenvalue weighted by molar-refractivity contribution is -0.134. The van der Waals surface area contributed by atoms with Crippen LogP contribution in [0.3, 0.4) is 0 Å². The van der Waals surface area contributed by atoms with Crippen molar-refractivity contribution in [3.8, 4) is 0 Å². The van der Waals surface area contributed by atoms with Crippen LogP contribution in [0.1, 0.15) is 12.8 Å². The van der Waals surface area contributed by atoms with Gasteiger partial charge >= 0.3 is 0 Å². The van der Waals surface area contributed by atoms with Gasteiger partial charge in [0.1, 0.15) is 6.42 Å². The standard InChI is InChI=1S/C9H15N3O3/c1-10-3-2-4-12-6-8(14)11-7(13)5-9(12)15/h10H,2-6H2,1H3,(H,11,13,14). The molecule has 0 aliphatic carbocycles. The number of rotatable bonds is 4. The molecule has 0 atom stereocenters. The van der Waals surface area contributed by atoms with Crippen molar-refractivity contribution in [2.45, 2.75) is 12.8 Å². The molecule has 1 aliphatic heterocycles. The third-order valence-electron chi connectivity index (χ3n) is 2.13. The van der Waals surface area contributed by atoms with Gasteiger partial charge in [0.25, 0.3) is 0 Å². The molecule has 15 heavy (non-hydrogen) atoms. The summed E-state index contributed by atoms with van der Waals surface area (Å²) >= 11 is 0. The minimum absolute atomic E-state index is 0.0196. The van der Waals surface area contributed by atoms with Crippen molar-refractivity contribution in [3.63, 3.8) is 0 Å². The lowest BCUT2D eigenvalue weighted by Crippen LogP contribution is -2.37. The third kappa shape index (κ3) is 3.67. The van der Waals surface area contributed by atoms with Gasteiger partial charge in [-0.05, 0) is 20.0 Å². The summed E-state index contributed by atoms with van der Waals surface area (Å²) in [6.07, 6.45) is 0.537. The van der Waals surface area contributed by atoms with Crippen molar-refractivity contribution in [3.05, 3.63) is 0 Å². The van der Waals surface area contributed by atoms with Gasteiger partial charge in [-0.3, -0.25) is 19.7 Å². The van der Waals surface area contributed by atoms with Crippen LogP contribution < -0.4 is 10.6 Å². The average Bonchev–Trinajstić information content (AvgIpc) is 2.26. The number of carbonyl (C=O) groups excluding carboxylic acids is 3. The second-order valence-corrected chi connectivity index (χ2v) is 3.42. The highest BCUT2D eigenvalue weighted by Gasteiger charge is 2.24. The topological polar surface area (TPSA) is 78.5 Å². The second-order valence-electron chi connectivity index (χ2n) is 3.42. The van der Waals surface area contributed by atoms with Crippen LogP contribution in [-0.2, 0) is 14.4 Å². The summed E-state index contributed by atoms with van der Waals surface area (Å²) in [5, 5.41) is 5.09. The molecule has 1 aliphatic rings. The molecule has 0 saturated carbocycles. The Balaban J connectivity index is 2.50. The van der Waals surface area contributed by atoms with E-state index in [0.29, 0.717) is 6.54 Å². The zero-order valence-electron chi connectivity index (χ0n) is 8.71. The first-order chi connectivity index (χ1) is 7.13. The molecule has 0 spiro atoms. The van der Waals surface area contributed by atoms with Crippen molar-refractivity contribution in [2.24, 2.45) is 0 Å². The number of carbonyl (C=O) groups is 3. The van der Waals surface area contributed by atoms with Gasteiger partial charge < -0.3 is 10.2 Å². The minimum Gasteiger partial charge on any atom is -0.333 e. The fourth-order valence-corrected chi connectivity index (χ4v) is 1.40. The Labute approximate surface area is 88.0 Å². The molecule has 3 amide bonds. The maximum Gasteiger partial charge on any atom is 0.246 e. The summed E-state index contributed by atoms with van der Waals surface area (Å²) < 4.78 is 0. The van der Waals surface area contributed by atoms with Crippen LogP contribution in [0.5, 0.6) is 0 Å². The van der Waals surface area contributed by atoms with Crippen molar-refractivity contribution in [1.82, 2.24) is 15.5 Å². The zero-order chi connectivity index (χ0) is 11.3. The summed E-state index contributed by atoms with van der Waals surface area (Å²) in [5.41, 5.74) is 0. The Morgan fingerprint density at radius 2 is 2.07 bits per heavy atom. The number of imide groups is 1. The highest BCUT2D eigenvalue weighted by atomic mass is 16.2. The molecule has 0 aromatic heterocycles. The molecule has 0 bridgehead atoms. The Kier molecular flexibility index (Phi) is 4.23. The lowest BCUT2D eigenvalue weighted by atomic mass is 10.3. The molecule has 0 radical (unpaired) electrons. The van der Waals surface area contributed by atoms with E-state index < -0.39 is 11.8 Å². The first kappa shape index (κ1) is 11.6. The molecular formula is C9H15N3O3. The van der Waals surface area contributed by atoms with Crippen LogP contribution in [-0.4, -0.2) is 49.3 Å². The molecule has 1 rings (SSSR count). The maximum atomic E-state index is 11.5. The van der Waals surface area contributed by atoms with E-state index in [4.69, 9.17) is 0 Å². The Hall–Kier alpha value is -1.43. The van der Waals surface area contributed by atoms with E-state index in [1.165, 1.54) is 4.90 Å². The Morgan fingerprint density at radius 1 is 1.33 bits per heavy atom. The van der Waals surface area contributed by atoms with Crippen LogP contribution in [0.2, 0.25) is 0 Å². The van der Waals surface area contributed by atoms with Gasteiger partial charge in [-0.15, -0.1) is 0 Å². The number of hydrogen-bond donors (Lipinski definition) is 2. The molecule has 84 valence electrons. The number of hydrogen-bond acceptors (Lipinski definition) is 4. The third-order valence-corrected chi connectivity index (χ3v) is 2.13. The molecule has 0 unspecified atom stereocenters. The Bertz CT molecular complexity index is 278. The van der Waals surface area contributed by atoms with Gasteiger partial charge in [-0.2, -0.15) is 0 Å². The fourth-order valence-electron chi connectivity index (χ4n) is 1.40. The second kappa shape index (κ2) is 5.45. The van der Waals surface area contributed by atoms with Gasteiger partial charge in [0.2, 0.25) is 17.7 Å². The molecule has 1 saturated heterocycles. The molecule has 1 heterocycles. The molecule has 0 aromatic rings. The summed E-state index contributed by atoms with van der Waals surface area (Å²) in [6, 6.07) is 0. The van der Waals surface area contributed by atoms with Crippen LogP contribution in [0.15, 0.2) is 0 Å². The van der Waals surface area contributed by atoms with E-state index in [1.54, 1.807) is 0 Å². The van der Waals surface area contributed by atoms with E-state index >= 15 is 0 Å². The highest BCUT2D eigenvalue weighted by molar-refractivity contribution is 6.07. The van der Waals surface area contributed by atoms with E-state index in [9.17, 15) is 14.4 Å². The molecule has 6 heteroatoms. The summed E-state index contributed by atoms with van der Waals surface area (Å²) in [6.45, 7) is 1.26. The number of amides is 3. The van der Waals surface area contributed by atoms with Crippen LogP contribution in [0.25, 0.3) is 0 Å². The van der Waals surface area contributed by atoms with Crippen LogP contribution >= 0.6 is 0 Å². The van der Waals surface area contributed by atoms with E-state index in [0.717, 1.165) is 13.0 Å². The maximum absolute atomic E-state index is 11.5. The smallest absolute Gasteiger partial charge is 0.246 e.